The first-order chi connectivity index (χ1) is 11.8. The molecule has 2 atom stereocenters. The summed E-state index contributed by atoms with van der Waals surface area (Å²) < 4.78 is 4.76. The summed E-state index contributed by atoms with van der Waals surface area (Å²) in [6.45, 7) is 7.55. The topological polar surface area (TPSA) is 75.7 Å². The monoisotopic (exact) mass is 354 g/mol. The highest BCUT2D eigenvalue weighted by Gasteiger charge is 2.24. The molecule has 0 aromatic heterocycles. The molecule has 6 nitrogen and oxygen atoms in total. The van der Waals surface area contributed by atoms with Crippen LogP contribution >= 0.6 is 0 Å². The van der Waals surface area contributed by atoms with Gasteiger partial charge in [-0.3, -0.25) is 9.59 Å². The average molecular weight is 354 g/mol. The van der Waals surface area contributed by atoms with Crippen LogP contribution in [0.4, 0.5) is 0 Å². The second kappa shape index (κ2) is 11.1. The average Bonchev–Trinajstić information content (AvgIpc) is 2.82. The number of hydrogen-bond acceptors (Lipinski definition) is 4. The second-order valence-electron chi connectivity index (χ2n) is 7.58. The van der Waals surface area contributed by atoms with Crippen LogP contribution in [0.15, 0.2) is 0 Å². The summed E-state index contributed by atoms with van der Waals surface area (Å²) in [5.41, 5.74) is 0. The molecule has 0 bridgehead atoms. The quantitative estimate of drug-likeness (QED) is 0.680. The van der Waals surface area contributed by atoms with Gasteiger partial charge in [-0.15, -0.1) is 0 Å². The van der Waals surface area contributed by atoms with E-state index in [1.165, 1.54) is 20.0 Å². The van der Waals surface area contributed by atoms with E-state index in [-0.39, 0.29) is 30.1 Å². The van der Waals surface area contributed by atoms with Gasteiger partial charge in [0.2, 0.25) is 11.8 Å². The molecule has 0 aliphatic carbocycles. The third-order valence-electron chi connectivity index (χ3n) is 4.54. The lowest BCUT2D eigenvalue weighted by atomic mass is 10.0. The largest absolute Gasteiger partial charge is 0.467 e. The van der Waals surface area contributed by atoms with Crippen molar-refractivity contribution >= 4 is 17.8 Å². The Morgan fingerprint density at radius 2 is 1.60 bits per heavy atom. The maximum absolute atomic E-state index is 12.4. The molecule has 25 heavy (non-hydrogen) atoms. The van der Waals surface area contributed by atoms with Gasteiger partial charge in [-0.2, -0.15) is 0 Å². The molecule has 1 aliphatic rings. The molecule has 1 aliphatic heterocycles. The van der Waals surface area contributed by atoms with Gasteiger partial charge in [-0.1, -0.05) is 33.6 Å². The molecule has 144 valence electrons. The number of esters is 1. The Hall–Kier alpha value is -1.59. The van der Waals surface area contributed by atoms with E-state index < -0.39 is 12.0 Å². The van der Waals surface area contributed by atoms with Crippen LogP contribution < -0.4 is 5.32 Å². The van der Waals surface area contributed by atoms with E-state index in [1.54, 1.807) is 0 Å². The summed E-state index contributed by atoms with van der Waals surface area (Å²) in [5.74, 6) is -0.268. The van der Waals surface area contributed by atoms with Crippen molar-refractivity contribution in [1.29, 1.82) is 0 Å². The van der Waals surface area contributed by atoms with Crippen LogP contribution in [0, 0.1) is 11.8 Å². The molecule has 0 aromatic rings. The number of likely N-dealkylation sites (tertiary alicyclic amines) is 1. The number of nitrogens with zero attached hydrogens (tertiary/aromatic N) is 1. The minimum atomic E-state index is -0.619. The number of ether oxygens (including phenoxy) is 1. The lowest BCUT2D eigenvalue weighted by Gasteiger charge is -2.23. The third-order valence-corrected chi connectivity index (χ3v) is 4.54. The van der Waals surface area contributed by atoms with Crippen LogP contribution in [-0.2, 0) is 19.1 Å². The van der Waals surface area contributed by atoms with E-state index in [0.29, 0.717) is 12.8 Å². The van der Waals surface area contributed by atoms with Crippen molar-refractivity contribution in [3.8, 4) is 0 Å². The van der Waals surface area contributed by atoms with E-state index in [4.69, 9.17) is 4.74 Å². The van der Waals surface area contributed by atoms with Crippen LogP contribution in [0.25, 0.3) is 0 Å². The van der Waals surface area contributed by atoms with E-state index >= 15 is 0 Å². The maximum Gasteiger partial charge on any atom is 0.328 e. The van der Waals surface area contributed by atoms with Crippen molar-refractivity contribution < 1.29 is 19.1 Å². The molecule has 1 N–H and O–H groups in total. The molecule has 0 spiro atoms. The Balaban J connectivity index is 2.45. The van der Waals surface area contributed by atoms with Crippen LogP contribution in [0.5, 0.6) is 0 Å². The van der Waals surface area contributed by atoms with Crippen molar-refractivity contribution in [2.24, 2.45) is 11.8 Å². The second-order valence-corrected chi connectivity index (χ2v) is 7.58. The van der Waals surface area contributed by atoms with Gasteiger partial charge < -0.3 is 15.0 Å². The highest BCUT2D eigenvalue weighted by molar-refractivity contribution is 5.85. The van der Waals surface area contributed by atoms with Gasteiger partial charge in [-0.25, -0.2) is 4.79 Å². The Morgan fingerprint density at radius 1 is 1.00 bits per heavy atom. The van der Waals surface area contributed by atoms with Gasteiger partial charge in [0.25, 0.3) is 0 Å². The summed E-state index contributed by atoms with van der Waals surface area (Å²) in [7, 11) is 1.32. The lowest BCUT2D eigenvalue weighted by Crippen LogP contribution is -2.43. The van der Waals surface area contributed by atoms with E-state index in [2.05, 4.69) is 5.32 Å². The van der Waals surface area contributed by atoms with Crippen LogP contribution in [0.3, 0.4) is 0 Å². The molecular weight excluding hydrogens is 320 g/mol. The van der Waals surface area contributed by atoms with Crippen molar-refractivity contribution in [2.75, 3.05) is 20.2 Å². The standard InChI is InChI=1S/C19H34N2O4/c1-14(2)11-16(19(24)25-4)20-17(22)12-15(3)13-18(23)21-9-7-5-6-8-10-21/h14-16H,5-13H2,1-4H3,(H,20,22)/t15-,16-/m1/s1. The first-order valence-electron chi connectivity index (χ1n) is 9.48. The minimum Gasteiger partial charge on any atom is -0.467 e. The Kier molecular flexibility index (Phi) is 9.53. The highest BCUT2D eigenvalue weighted by Crippen LogP contribution is 2.15. The SMILES string of the molecule is COC(=O)[C@@H](CC(C)C)NC(=O)C[C@@H](C)CC(=O)N1CCCCCC1. The van der Waals surface area contributed by atoms with E-state index in [0.717, 1.165) is 25.9 Å². The molecule has 0 saturated carbocycles. The normalized spacial score (nSPS) is 17.6. The predicted molar refractivity (Wildman–Crippen MR) is 96.8 cm³/mol. The van der Waals surface area contributed by atoms with Gasteiger partial charge in [0.05, 0.1) is 7.11 Å². The first kappa shape index (κ1) is 21.5. The molecule has 0 aromatic carbocycles. The lowest BCUT2D eigenvalue weighted by molar-refractivity contribution is -0.145. The van der Waals surface area contributed by atoms with Gasteiger partial charge >= 0.3 is 5.97 Å². The molecule has 2 amide bonds. The van der Waals surface area contributed by atoms with Gasteiger partial charge in [0, 0.05) is 25.9 Å². The zero-order valence-corrected chi connectivity index (χ0v) is 16.2. The number of carbonyl (C=O) groups excluding carboxylic acids is 3. The predicted octanol–water partition coefficient (Wildman–Crippen LogP) is 2.51. The smallest absolute Gasteiger partial charge is 0.328 e. The van der Waals surface area contributed by atoms with E-state index in [9.17, 15) is 14.4 Å². The van der Waals surface area contributed by atoms with Crippen molar-refractivity contribution in [3.63, 3.8) is 0 Å². The number of nitrogens with one attached hydrogen (secondary N) is 1. The Morgan fingerprint density at radius 3 is 2.12 bits per heavy atom. The molecular formula is C19H34N2O4. The summed E-state index contributed by atoms with van der Waals surface area (Å²) in [5, 5.41) is 2.75. The fraction of sp³-hybridized carbons (Fsp3) is 0.842. The maximum atomic E-state index is 12.4. The van der Waals surface area contributed by atoms with Crippen LogP contribution in [0.1, 0.15) is 65.7 Å². The molecule has 0 unspecified atom stereocenters. The van der Waals surface area contributed by atoms with E-state index in [1.807, 2.05) is 25.7 Å². The fourth-order valence-corrected chi connectivity index (χ4v) is 3.22. The summed E-state index contributed by atoms with van der Waals surface area (Å²) >= 11 is 0. The zero-order valence-electron chi connectivity index (χ0n) is 16.2. The molecule has 1 saturated heterocycles. The molecule has 0 radical (unpaired) electrons. The third kappa shape index (κ3) is 8.36. The molecule has 6 heteroatoms. The van der Waals surface area contributed by atoms with Gasteiger partial charge in [-0.05, 0) is 31.1 Å². The number of methoxy groups -OCH3 is 1. The van der Waals surface area contributed by atoms with Gasteiger partial charge in [0.15, 0.2) is 0 Å². The fourth-order valence-electron chi connectivity index (χ4n) is 3.22. The Labute approximate surface area is 151 Å². The number of hydrogen-bond donors (Lipinski definition) is 1. The van der Waals surface area contributed by atoms with Crippen molar-refractivity contribution in [2.45, 2.75) is 71.8 Å². The summed E-state index contributed by atoms with van der Waals surface area (Å²) in [6, 6.07) is -0.619. The summed E-state index contributed by atoms with van der Waals surface area (Å²) in [4.78, 5) is 38.3. The number of carbonyl (C=O) groups is 3. The zero-order chi connectivity index (χ0) is 18.8. The van der Waals surface area contributed by atoms with Crippen molar-refractivity contribution in [3.05, 3.63) is 0 Å². The molecule has 1 heterocycles. The van der Waals surface area contributed by atoms with Crippen LogP contribution in [-0.4, -0.2) is 48.9 Å². The highest BCUT2D eigenvalue weighted by atomic mass is 16.5. The van der Waals surface area contributed by atoms with Crippen LogP contribution in [0.2, 0.25) is 0 Å². The molecule has 1 fully saturated rings. The van der Waals surface area contributed by atoms with Gasteiger partial charge in [0.1, 0.15) is 6.04 Å². The molecule has 1 rings (SSSR count). The number of amides is 2. The van der Waals surface area contributed by atoms with Crippen molar-refractivity contribution in [1.82, 2.24) is 10.2 Å². The number of rotatable bonds is 8. The summed E-state index contributed by atoms with van der Waals surface area (Å²) in [6.07, 6.45) is 5.66. The Bertz CT molecular complexity index is 443. The minimum absolute atomic E-state index is 0.0481. The first-order valence-corrected chi connectivity index (χ1v) is 9.48.